The van der Waals surface area contributed by atoms with Crippen LogP contribution in [-0.2, 0) is 14.8 Å². The van der Waals surface area contributed by atoms with Gasteiger partial charge in [0.25, 0.3) is 0 Å². The molecule has 6 nitrogen and oxygen atoms in total. The van der Waals surface area contributed by atoms with E-state index in [1.54, 1.807) is 5.38 Å². The predicted octanol–water partition coefficient (Wildman–Crippen LogP) is 2.50. The van der Waals surface area contributed by atoms with Crippen LogP contribution in [0.4, 0.5) is 10.8 Å². The molecule has 0 aliphatic rings. The van der Waals surface area contributed by atoms with Crippen molar-refractivity contribution >= 4 is 38.1 Å². The zero-order valence-corrected chi connectivity index (χ0v) is 11.5. The molecule has 19 heavy (non-hydrogen) atoms. The van der Waals surface area contributed by atoms with Crippen molar-refractivity contribution in [1.82, 2.24) is 4.98 Å². The maximum Gasteiger partial charge on any atom is 0.221 e. The summed E-state index contributed by atoms with van der Waals surface area (Å²) < 4.78 is 27.5. The van der Waals surface area contributed by atoms with Gasteiger partial charge in [-0.1, -0.05) is 6.20 Å². The van der Waals surface area contributed by atoms with E-state index in [-0.39, 0.29) is 15.9 Å². The Morgan fingerprint density at radius 1 is 1.32 bits per heavy atom. The number of nitrogens with zero attached hydrogens (tertiary/aromatic N) is 2. The largest absolute Gasteiger partial charge is 0.433 e. The third kappa shape index (κ3) is 3.52. The first kappa shape index (κ1) is 13.5. The number of carbonyl (C=O) groups excluding carboxylic acids is 1. The molecule has 1 N–H and O–H groups in total. The molecule has 0 saturated heterocycles. The van der Waals surface area contributed by atoms with Crippen LogP contribution < -0.4 is 5.32 Å². The first-order valence-electron chi connectivity index (χ1n) is 5.22. The van der Waals surface area contributed by atoms with Gasteiger partial charge in [-0.3, -0.25) is 4.79 Å². The fraction of sp³-hybridized carbons (Fsp3) is 0.0909. The number of thiazole rings is 1. The molecule has 2 rings (SSSR count). The summed E-state index contributed by atoms with van der Waals surface area (Å²) in [6, 6.07) is 5.78. The minimum atomic E-state index is -3.77. The highest BCUT2D eigenvalue weighted by Gasteiger charge is 2.10. The van der Waals surface area contributed by atoms with E-state index < -0.39 is 10.0 Å². The SMILES string of the molecule is CC(=O)Nc1ccc(S(=O)(=O)[N-]c2nccs2)cc1. The number of sulfonamides is 1. The normalized spacial score (nSPS) is 11.0. The summed E-state index contributed by atoms with van der Waals surface area (Å²) >= 11 is 1.14. The second-order valence-electron chi connectivity index (χ2n) is 3.59. The third-order valence-electron chi connectivity index (χ3n) is 2.09. The molecule has 0 aliphatic heterocycles. The molecule has 1 amide bonds. The lowest BCUT2D eigenvalue weighted by molar-refractivity contribution is -0.114. The lowest BCUT2D eigenvalue weighted by Crippen LogP contribution is -2.06. The van der Waals surface area contributed by atoms with E-state index in [9.17, 15) is 13.2 Å². The van der Waals surface area contributed by atoms with Crippen molar-refractivity contribution in [2.75, 3.05) is 5.32 Å². The summed E-state index contributed by atoms with van der Waals surface area (Å²) in [5.41, 5.74) is 0.528. The number of hydrogen-bond donors (Lipinski definition) is 1. The lowest BCUT2D eigenvalue weighted by Gasteiger charge is -2.12. The van der Waals surface area contributed by atoms with Gasteiger partial charge in [0, 0.05) is 17.7 Å². The van der Waals surface area contributed by atoms with E-state index in [1.807, 2.05) is 0 Å². The molecule has 1 heterocycles. The molecule has 0 saturated carbocycles. The van der Waals surface area contributed by atoms with Gasteiger partial charge in [-0.05, 0) is 29.6 Å². The Bertz CT molecular complexity index is 664. The van der Waals surface area contributed by atoms with Crippen LogP contribution in [0.1, 0.15) is 6.92 Å². The molecule has 0 aliphatic carbocycles. The maximum absolute atomic E-state index is 11.9. The van der Waals surface area contributed by atoms with Crippen molar-refractivity contribution in [2.45, 2.75) is 11.8 Å². The number of benzene rings is 1. The summed E-state index contributed by atoms with van der Waals surface area (Å²) in [6.07, 6.45) is 1.49. The minimum Gasteiger partial charge on any atom is -0.433 e. The Hall–Kier alpha value is -1.93. The molecule has 0 spiro atoms. The van der Waals surface area contributed by atoms with Gasteiger partial charge in [-0.2, -0.15) is 11.3 Å². The third-order valence-corrected chi connectivity index (χ3v) is 4.15. The van der Waals surface area contributed by atoms with E-state index in [1.165, 1.54) is 37.4 Å². The van der Waals surface area contributed by atoms with Crippen molar-refractivity contribution in [3.05, 3.63) is 40.6 Å². The first-order valence-corrected chi connectivity index (χ1v) is 7.54. The van der Waals surface area contributed by atoms with Gasteiger partial charge >= 0.3 is 0 Å². The molecule has 8 heteroatoms. The van der Waals surface area contributed by atoms with Gasteiger partial charge in [0.15, 0.2) is 0 Å². The number of nitrogens with one attached hydrogen (secondary N) is 1. The number of rotatable bonds is 4. The second kappa shape index (κ2) is 5.37. The Morgan fingerprint density at radius 3 is 2.53 bits per heavy atom. The molecule has 100 valence electrons. The van der Waals surface area contributed by atoms with Gasteiger partial charge in [-0.25, -0.2) is 8.42 Å². The molecule has 0 bridgehead atoms. The number of amides is 1. The highest BCUT2D eigenvalue weighted by molar-refractivity contribution is 7.94. The zero-order valence-electron chi connectivity index (χ0n) is 9.90. The van der Waals surface area contributed by atoms with Crippen LogP contribution in [0.5, 0.6) is 0 Å². The topological polar surface area (TPSA) is 90.2 Å². The number of anilines is 1. The standard InChI is InChI=1S/C11H11N3O3S2/c1-8(15)13-9-2-4-10(5-3-9)19(16,17)14-11-12-6-7-18-11/h2-7H,1H3,(H2,12,13,14,15)/p-1. The summed E-state index contributed by atoms with van der Waals surface area (Å²) in [6.45, 7) is 1.38. The smallest absolute Gasteiger partial charge is 0.221 e. The molecule has 0 atom stereocenters. The van der Waals surface area contributed by atoms with E-state index in [2.05, 4.69) is 15.0 Å². The summed E-state index contributed by atoms with van der Waals surface area (Å²) in [5.74, 6) is -0.219. The van der Waals surface area contributed by atoms with Crippen LogP contribution in [0.25, 0.3) is 4.72 Å². The average Bonchev–Trinajstić information content (AvgIpc) is 2.81. The quantitative estimate of drug-likeness (QED) is 0.938. The van der Waals surface area contributed by atoms with Crippen molar-refractivity contribution in [3.8, 4) is 0 Å². The van der Waals surface area contributed by atoms with Crippen LogP contribution in [0.15, 0.2) is 40.7 Å². The Balaban J connectivity index is 2.19. The summed E-state index contributed by atoms with van der Waals surface area (Å²) in [4.78, 5) is 14.7. The highest BCUT2D eigenvalue weighted by atomic mass is 32.2. The van der Waals surface area contributed by atoms with E-state index in [4.69, 9.17) is 0 Å². The van der Waals surface area contributed by atoms with Crippen molar-refractivity contribution in [2.24, 2.45) is 0 Å². The summed E-state index contributed by atoms with van der Waals surface area (Å²) in [5, 5.41) is 4.39. The Labute approximate surface area is 114 Å². The highest BCUT2D eigenvalue weighted by Crippen LogP contribution is 2.29. The number of aromatic nitrogens is 1. The number of hydrogen-bond acceptors (Lipinski definition) is 5. The minimum absolute atomic E-state index is 0.0526. The molecule has 0 fully saturated rings. The molecule has 2 aromatic rings. The Morgan fingerprint density at radius 2 is 2.00 bits per heavy atom. The summed E-state index contributed by atoms with van der Waals surface area (Å²) in [7, 11) is -3.77. The van der Waals surface area contributed by atoms with E-state index >= 15 is 0 Å². The van der Waals surface area contributed by atoms with E-state index in [0.29, 0.717) is 5.69 Å². The van der Waals surface area contributed by atoms with Crippen LogP contribution in [-0.4, -0.2) is 19.3 Å². The fourth-order valence-electron chi connectivity index (χ4n) is 1.33. The van der Waals surface area contributed by atoms with Gasteiger partial charge in [0.05, 0.1) is 4.90 Å². The second-order valence-corrected chi connectivity index (χ2v) is 6.06. The molecule has 0 unspecified atom stereocenters. The molecule has 0 radical (unpaired) electrons. The molecule has 1 aromatic heterocycles. The molecular weight excluding hydrogens is 286 g/mol. The maximum atomic E-state index is 11.9. The Kier molecular flexibility index (Phi) is 3.82. The van der Waals surface area contributed by atoms with Gasteiger partial charge in [0.1, 0.15) is 0 Å². The van der Waals surface area contributed by atoms with Crippen LogP contribution in [0, 0.1) is 0 Å². The first-order chi connectivity index (χ1) is 8.97. The van der Waals surface area contributed by atoms with E-state index in [0.717, 1.165) is 11.3 Å². The average molecular weight is 296 g/mol. The lowest BCUT2D eigenvalue weighted by atomic mass is 10.3. The van der Waals surface area contributed by atoms with Gasteiger partial charge in [-0.15, -0.1) is 0 Å². The van der Waals surface area contributed by atoms with Gasteiger partial charge in [0.2, 0.25) is 15.9 Å². The van der Waals surface area contributed by atoms with Crippen LogP contribution in [0.2, 0.25) is 0 Å². The van der Waals surface area contributed by atoms with Crippen LogP contribution in [0.3, 0.4) is 0 Å². The van der Waals surface area contributed by atoms with Crippen LogP contribution >= 0.6 is 11.3 Å². The van der Waals surface area contributed by atoms with Crippen molar-refractivity contribution in [3.63, 3.8) is 0 Å². The predicted molar refractivity (Wildman–Crippen MR) is 73.1 cm³/mol. The monoisotopic (exact) mass is 296 g/mol. The zero-order chi connectivity index (χ0) is 13.9. The molecular formula is C11H10N3O3S2-. The number of carbonyl (C=O) groups is 1. The molecule has 1 aromatic carbocycles. The van der Waals surface area contributed by atoms with Crippen molar-refractivity contribution in [1.29, 1.82) is 0 Å². The van der Waals surface area contributed by atoms with Gasteiger partial charge < -0.3 is 15.0 Å². The fourth-order valence-corrected chi connectivity index (χ4v) is 3.00. The van der Waals surface area contributed by atoms with Crippen molar-refractivity contribution < 1.29 is 13.2 Å².